The van der Waals surface area contributed by atoms with Gasteiger partial charge in [0.2, 0.25) is 0 Å². The highest BCUT2D eigenvalue weighted by atomic mass is 32.1. The molecule has 0 aliphatic heterocycles. The second kappa shape index (κ2) is 13.2. The molecule has 198 valence electrons. The maximum absolute atomic E-state index is 13.2. The van der Waals surface area contributed by atoms with Crippen molar-refractivity contribution in [3.8, 4) is 22.6 Å². The van der Waals surface area contributed by atoms with E-state index in [0.717, 1.165) is 24.1 Å². The quantitative estimate of drug-likeness (QED) is 0.324. The molecule has 2 N–H and O–H groups in total. The lowest BCUT2D eigenvalue weighted by Gasteiger charge is -2.25. The molecule has 3 aromatic rings. The van der Waals surface area contributed by atoms with E-state index in [9.17, 15) is 9.90 Å². The molecular formula is C27H39N3O5S. The summed E-state index contributed by atoms with van der Waals surface area (Å²) >= 11 is 1.44. The van der Waals surface area contributed by atoms with Crippen LogP contribution in [0.4, 0.5) is 0 Å². The number of hydrogen-bond donors (Lipinski definition) is 2. The molecule has 0 aliphatic carbocycles. The SMILES string of the molecule is COc1ccc(-c2csc3nc(CN(CCC(C)C)C[C@H](O)COCC(C)C)[nH]c(=O)c23)cc1OC. The Labute approximate surface area is 217 Å². The van der Waals surface area contributed by atoms with Crippen molar-refractivity contribution in [2.45, 2.75) is 46.8 Å². The number of nitrogens with zero attached hydrogens (tertiary/aromatic N) is 2. The third-order valence-electron chi connectivity index (χ3n) is 5.81. The van der Waals surface area contributed by atoms with Gasteiger partial charge >= 0.3 is 0 Å². The number of benzene rings is 1. The third-order valence-corrected chi connectivity index (χ3v) is 6.69. The Morgan fingerprint density at radius 2 is 1.83 bits per heavy atom. The molecule has 0 amide bonds. The first-order valence-electron chi connectivity index (χ1n) is 12.4. The highest BCUT2D eigenvalue weighted by Crippen LogP contribution is 2.36. The van der Waals surface area contributed by atoms with Crippen LogP contribution in [0, 0.1) is 11.8 Å². The van der Waals surface area contributed by atoms with Crippen molar-refractivity contribution in [3.63, 3.8) is 0 Å². The maximum atomic E-state index is 13.2. The summed E-state index contributed by atoms with van der Waals surface area (Å²) in [5.41, 5.74) is 1.50. The third kappa shape index (κ3) is 7.52. The summed E-state index contributed by atoms with van der Waals surface area (Å²) < 4.78 is 16.4. The van der Waals surface area contributed by atoms with Gasteiger partial charge in [-0.15, -0.1) is 11.3 Å². The molecule has 0 saturated carbocycles. The Bertz CT molecular complexity index is 1170. The highest BCUT2D eigenvalue weighted by Gasteiger charge is 2.18. The second-order valence-corrected chi connectivity index (χ2v) is 10.8. The van der Waals surface area contributed by atoms with E-state index in [-0.39, 0.29) is 5.56 Å². The minimum atomic E-state index is -0.607. The van der Waals surface area contributed by atoms with Crippen LogP contribution in [-0.2, 0) is 11.3 Å². The van der Waals surface area contributed by atoms with Crippen LogP contribution in [0.25, 0.3) is 21.3 Å². The number of aromatic nitrogens is 2. The number of thiophene rings is 1. The normalized spacial score (nSPS) is 12.7. The number of methoxy groups -OCH3 is 2. The van der Waals surface area contributed by atoms with E-state index >= 15 is 0 Å². The first kappa shape index (κ1) is 28.1. The number of aliphatic hydroxyl groups excluding tert-OH is 1. The van der Waals surface area contributed by atoms with Crippen LogP contribution in [0.1, 0.15) is 39.9 Å². The van der Waals surface area contributed by atoms with Gasteiger partial charge in [-0.3, -0.25) is 9.69 Å². The van der Waals surface area contributed by atoms with E-state index < -0.39 is 6.10 Å². The van der Waals surface area contributed by atoms with Crippen LogP contribution in [0.2, 0.25) is 0 Å². The summed E-state index contributed by atoms with van der Waals surface area (Å²) in [4.78, 5) is 23.7. The van der Waals surface area contributed by atoms with Crippen molar-refractivity contribution < 1.29 is 19.3 Å². The molecule has 1 atom stereocenters. The van der Waals surface area contributed by atoms with Gasteiger partial charge < -0.3 is 24.3 Å². The van der Waals surface area contributed by atoms with Crippen LogP contribution in [0.3, 0.4) is 0 Å². The van der Waals surface area contributed by atoms with Crippen molar-refractivity contribution in [1.82, 2.24) is 14.9 Å². The molecule has 8 nitrogen and oxygen atoms in total. The van der Waals surface area contributed by atoms with E-state index in [1.165, 1.54) is 11.3 Å². The smallest absolute Gasteiger partial charge is 0.260 e. The van der Waals surface area contributed by atoms with E-state index in [1.807, 2.05) is 23.6 Å². The van der Waals surface area contributed by atoms with Crippen molar-refractivity contribution in [1.29, 1.82) is 0 Å². The van der Waals surface area contributed by atoms with E-state index in [0.29, 0.717) is 65.7 Å². The van der Waals surface area contributed by atoms with Crippen LogP contribution < -0.4 is 15.0 Å². The lowest BCUT2D eigenvalue weighted by atomic mass is 10.1. The molecule has 36 heavy (non-hydrogen) atoms. The molecule has 9 heteroatoms. The molecule has 0 fully saturated rings. The zero-order chi connectivity index (χ0) is 26.2. The fourth-order valence-corrected chi connectivity index (χ4v) is 4.93. The Kier molecular flexibility index (Phi) is 10.3. The van der Waals surface area contributed by atoms with Crippen molar-refractivity contribution in [3.05, 3.63) is 39.8 Å². The number of aliphatic hydroxyl groups is 1. The topological polar surface area (TPSA) is 96.9 Å². The Balaban J connectivity index is 1.82. The number of nitrogens with one attached hydrogen (secondary N) is 1. The van der Waals surface area contributed by atoms with Crippen molar-refractivity contribution in [2.75, 3.05) is 40.5 Å². The van der Waals surface area contributed by atoms with Gasteiger partial charge in [0.25, 0.3) is 5.56 Å². The standard InChI is InChI=1S/C27H39N3O5S/c1-17(2)9-10-30(12-20(31)15-35-14-18(3)4)13-24-28-26(32)25-21(16-36-27(25)29-24)19-7-8-22(33-5)23(11-19)34-6/h7-8,11,16-18,20,31H,9-10,12-15H2,1-6H3,(H,28,29,32)/t20-/m0/s1. The fourth-order valence-electron chi connectivity index (χ4n) is 3.96. The number of fused-ring (bicyclic) bond motifs is 1. The number of H-pyrrole nitrogens is 1. The maximum Gasteiger partial charge on any atom is 0.260 e. The van der Waals surface area contributed by atoms with Gasteiger partial charge in [0.1, 0.15) is 10.7 Å². The van der Waals surface area contributed by atoms with Gasteiger partial charge in [0, 0.05) is 24.1 Å². The molecule has 0 aliphatic rings. The van der Waals surface area contributed by atoms with Crippen molar-refractivity contribution in [2.24, 2.45) is 11.8 Å². The summed E-state index contributed by atoms with van der Waals surface area (Å²) in [6.07, 6.45) is 0.374. The Hall–Kier alpha value is -2.46. The summed E-state index contributed by atoms with van der Waals surface area (Å²) in [5, 5.41) is 13.0. The average Bonchev–Trinajstić information content (AvgIpc) is 3.26. The molecule has 3 rings (SSSR count). The van der Waals surface area contributed by atoms with Crippen LogP contribution in [0.5, 0.6) is 11.5 Å². The van der Waals surface area contributed by atoms with Crippen LogP contribution >= 0.6 is 11.3 Å². The minimum Gasteiger partial charge on any atom is -0.493 e. The van der Waals surface area contributed by atoms with Crippen LogP contribution in [0.15, 0.2) is 28.4 Å². The lowest BCUT2D eigenvalue weighted by Crippen LogP contribution is -2.36. The zero-order valence-electron chi connectivity index (χ0n) is 22.2. The van der Waals surface area contributed by atoms with E-state index in [4.69, 9.17) is 19.2 Å². The molecule has 0 spiro atoms. The van der Waals surface area contributed by atoms with Gasteiger partial charge in [-0.1, -0.05) is 33.8 Å². The molecule has 0 bridgehead atoms. The molecule has 0 radical (unpaired) electrons. The first-order valence-corrected chi connectivity index (χ1v) is 13.3. The fraction of sp³-hybridized carbons (Fsp3) is 0.556. The summed E-state index contributed by atoms with van der Waals surface area (Å²) in [7, 11) is 3.18. The average molecular weight is 518 g/mol. The van der Waals surface area contributed by atoms with Gasteiger partial charge in [0.15, 0.2) is 11.5 Å². The molecular weight excluding hydrogens is 478 g/mol. The molecule has 2 aromatic heterocycles. The first-order chi connectivity index (χ1) is 17.2. The van der Waals surface area contributed by atoms with Crippen molar-refractivity contribution >= 4 is 21.6 Å². The number of aromatic amines is 1. The second-order valence-electron chi connectivity index (χ2n) is 9.91. The van der Waals surface area contributed by atoms with Crippen LogP contribution in [-0.4, -0.2) is 66.6 Å². The summed E-state index contributed by atoms with van der Waals surface area (Å²) in [6.45, 7) is 11.1. The largest absolute Gasteiger partial charge is 0.493 e. The molecule has 2 heterocycles. The van der Waals surface area contributed by atoms with E-state index in [2.05, 4.69) is 37.6 Å². The van der Waals surface area contributed by atoms with Gasteiger partial charge in [-0.2, -0.15) is 0 Å². The highest BCUT2D eigenvalue weighted by molar-refractivity contribution is 7.17. The Morgan fingerprint density at radius 3 is 2.50 bits per heavy atom. The molecule has 0 unspecified atom stereocenters. The summed E-state index contributed by atoms with van der Waals surface area (Å²) in [6, 6.07) is 5.60. The monoisotopic (exact) mass is 517 g/mol. The molecule has 1 aromatic carbocycles. The predicted molar refractivity (Wildman–Crippen MR) is 145 cm³/mol. The van der Waals surface area contributed by atoms with Gasteiger partial charge in [0.05, 0.1) is 38.9 Å². The van der Waals surface area contributed by atoms with Gasteiger partial charge in [-0.25, -0.2) is 4.98 Å². The zero-order valence-corrected chi connectivity index (χ0v) is 23.0. The minimum absolute atomic E-state index is 0.175. The predicted octanol–water partition coefficient (Wildman–Crippen LogP) is 4.55. The molecule has 0 saturated heterocycles. The van der Waals surface area contributed by atoms with E-state index in [1.54, 1.807) is 14.2 Å². The number of ether oxygens (including phenoxy) is 3. The number of rotatable bonds is 14. The Morgan fingerprint density at radius 1 is 1.08 bits per heavy atom. The number of hydrogen-bond acceptors (Lipinski definition) is 8. The summed E-state index contributed by atoms with van der Waals surface area (Å²) in [5.74, 6) is 2.77. The lowest BCUT2D eigenvalue weighted by molar-refractivity contribution is 0.00592. The van der Waals surface area contributed by atoms with Gasteiger partial charge in [-0.05, 0) is 42.5 Å².